The molecule has 90 heavy (non-hydrogen) atoms. The highest BCUT2D eigenvalue weighted by Crippen LogP contribution is 2.30. The first-order chi connectivity index (χ1) is 43.6. The highest BCUT2D eigenvalue weighted by Gasteiger charge is 2.28. The molecule has 0 spiro atoms. The molecule has 1 aromatic heterocycles. The number of urea groups is 1. The van der Waals surface area contributed by atoms with E-state index in [2.05, 4.69) is 60.0 Å². The summed E-state index contributed by atoms with van der Waals surface area (Å²) in [6, 6.07) is 20.3. The smallest absolute Gasteiger partial charge is 0.323 e. The fourth-order valence-corrected chi connectivity index (χ4v) is 10.4. The Kier molecular flexibility index (Phi) is 27.3. The van der Waals surface area contributed by atoms with Crippen molar-refractivity contribution in [3.8, 4) is 11.4 Å². The van der Waals surface area contributed by atoms with Gasteiger partial charge < -0.3 is 73.9 Å². The van der Waals surface area contributed by atoms with E-state index in [1.54, 1.807) is 42.5 Å². The van der Waals surface area contributed by atoms with E-state index < -0.39 is 35.1 Å². The summed E-state index contributed by atoms with van der Waals surface area (Å²) in [4.78, 5) is 86.5. The maximum Gasteiger partial charge on any atom is 0.323 e. The number of morpholine rings is 1. The van der Waals surface area contributed by atoms with Crippen molar-refractivity contribution in [2.75, 3.05) is 205 Å². The van der Waals surface area contributed by atoms with Crippen LogP contribution in [0.15, 0.2) is 78.9 Å². The summed E-state index contributed by atoms with van der Waals surface area (Å²) in [7, 11) is 8.20. The Morgan fingerprint density at radius 3 is 1.78 bits per heavy atom. The number of halogens is 4. The quantitative estimate of drug-likeness (QED) is 0.0211. The fraction of sp³-hybridized carbons (Fsp3) is 0.500. The number of piperazine rings is 1. The van der Waals surface area contributed by atoms with Crippen molar-refractivity contribution >= 4 is 81.0 Å². The number of amides is 5. The van der Waals surface area contributed by atoms with E-state index in [1.165, 1.54) is 12.1 Å². The molecule has 0 bridgehead atoms. The van der Waals surface area contributed by atoms with Crippen molar-refractivity contribution in [2.24, 2.45) is 0 Å². The summed E-state index contributed by atoms with van der Waals surface area (Å²) >= 11 is 1.92. The first-order valence-corrected chi connectivity index (χ1v) is 31.3. The van der Waals surface area contributed by atoms with Crippen molar-refractivity contribution < 1.29 is 60.9 Å². The van der Waals surface area contributed by atoms with Crippen LogP contribution in [0.1, 0.15) is 40.0 Å². The van der Waals surface area contributed by atoms with E-state index in [-0.39, 0.29) is 42.7 Å². The predicted octanol–water partition coefficient (Wildman–Crippen LogP) is 6.28. The number of likely N-dealkylation sites (tertiary alicyclic amines) is 1. The monoisotopic (exact) mass is 1370 g/mol. The molecule has 4 aromatic carbocycles. The molecule has 3 aliphatic rings. The van der Waals surface area contributed by atoms with Crippen LogP contribution >= 0.6 is 22.6 Å². The predicted molar refractivity (Wildman–Crippen MR) is 344 cm³/mol. The van der Waals surface area contributed by atoms with Crippen LogP contribution in [0.3, 0.4) is 0 Å². The lowest BCUT2D eigenvalue weighted by molar-refractivity contribution is -0.132. The number of carbonyl (C=O) groups excluding carboxylic acids is 4. The van der Waals surface area contributed by atoms with Gasteiger partial charge in [-0.1, -0.05) is 0 Å². The van der Waals surface area contributed by atoms with E-state index in [9.17, 15) is 32.3 Å². The Balaban J connectivity index is 0.646. The molecule has 0 atom stereocenters. The van der Waals surface area contributed by atoms with Crippen molar-refractivity contribution in [3.63, 3.8) is 0 Å². The van der Waals surface area contributed by atoms with Gasteiger partial charge in [0.2, 0.25) is 17.8 Å². The Bertz CT molecular complexity index is 3110. The SMILES string of the molecule is CN(CCOCCOCCONC(=O)c1ccc(F)c(F)c1Nc1ccc(I)cc1F)CCN(C)CCOCCOCCC(=O)N1CCN(c2nc(-c3ccc(NC(=O)Nc4ccc(C(=O)N5CCC(N(C)C)CC5)cc4)cc3)nc(N3CCOCC3)n2)CC1. The third kappa shape index (κ3) is 21.4. The Hall–Kier alpha value is -6.87. The van der Waals surface area contributed by atoms with Crippen molar-refractivity contribution in [1.29, 1.82) is 0 Å². The summed E-state index contributed by atoms with van der Waals surface area (Å²) in [6.45, 7) is 11.9. The van der Waals surface area contributed by atoms with Crippen LogP contribution in [0.2, 0.25) is 0 Å². The molecule has 0 radical (unpaired) electrons. The van der Waals surface area contributed by atoms with Gasteiger partial charge in [0.05, 0.1) is 96.0 Å². The van der Waals surface area contributed by atoms with Gasteiger partial charge in [-0.3, -0.25) is 19.2 Å². The Morgan fingerprint density at radius 1 is 0.611 bits per heavy atom. The zero-order chi connectivity index (χ0) is 63.8. The zero-order valence-electron chi connectivity index (χ0n) is 51.5. The minimum Gasteiger partial charge on any atom is -0.379 e. The average molecular weight is 1370 g/mol. The third-order valence-corrected chi connectivity index (χ3v) is 16.1. The van der Waals surface area contributed by atoms with Crippen LogP contribution in [0.4, 0.5) is 52.6 Å². The highest BCUT2D eigenvalue weighted by atomic mass is 127. The molecule has 8 rings (SSSR count). The molecule has 28 heteroatoms. The number of hydrogen-bond acceptors (Lipinski definition) is 19. The maximum atomic E-state index is 14.7. The number of nitrogens with one attached hydrogen (secondary N) is 4. The molecule has 0 unspecified atom stereocenters. The molecule has 4 heterocycles. The molecule has 4 N–H and O–H groups in total. The molecule has 5 amide bonds. The Morgan fingerprint density at radius 2 is 1.18 bits per heavy atom. The standard InChI is InChI=1S/C62H82F3IN14O10/c1-74(2)49-17-20-78(21-18-49)59(83)45-7-12-48(13-8-45)68-62(84)67-47-10-5-44(6-11-47)57-70-60(72-61(71-57)80-30-35-86-36-31-80)79-26-24-77(25-27-79)54(81)19-32-85-37-38-87-33-28-75(3)22-23-76(4)29-34-88-39-40-89-41-42-90-73-58(82)50-14-15-51(63)55(65)56(50)69-53-16-9-46(66)43-52(53)64/h5-16,43,49,69H,17-42H2,1-4H3,(H,73,82)(H2,67,68,84). The minimum atomic E-state index is -1.34. The maximum absolute atomic E-state index is 14.7. The van der Waals surface area contributed by atoms with Crippen LogP contribution in [0.25, 0.3) is 11.4 Å². The van der Waals surface area contributed by atoms with Crippen molar-refractivity contribution in [2.45, 2.75) is 25.3 Å². The molecule has 5 aromatic rings. The fourth-order valence-electron chi connectivity index (χ4n) is 9.97. The lowest BCUT2D eigenvalue weighted by Crippen LogP contribution is -2.49. The third-order valence-electron chi connectivity index (χ3n) is 15.4. The molecule has 0 saturated carbocycles. The summed E-state index contributed by atoms with van der Waals surface area (Å²) in [5, 5.41) is 8.21. The van der Waals surface area contributed by atoms with Crippen LogP contribution in [-0.4, -0.2) is 249 Å². The number of hydrogen-bond donors (Lipinski definition) is 4. The highest BCUT2D eigenvalue weighted by molar-refractivity contribution is 14.1. The summed E-state index contributed by atoms with van der Waals surface area (Å²) in [5.74, 6) is -2.53. The molecule has 3 aliphatic heterocycles. The topological polar surface area (TPSA) is 233 Å². The number of hydroxylamine groups is 1. The van der Waals surface area contributed by atoms with Gasteiger partial charge >= 0.3 is 6.03 Å². The Labute approximate surface area is 537 Å². The lowest BCUT2D eigenvalue weighted by atomic mass is 10.0. The largest absolute Gasteiger partial charge is 0.379 e. The van der Waals surface area contributed by atoms with Gasteiger partial charge in [0, 0.05) is 111 Å². The number of rotatable bonds is 32. The van der Waals surface area contributed by atoms with E-state index >= 15 is 0 Å². The van der Waals surface area contributed by atoms with Crippen molar-refractivity contribution in [3.05, 3.63) is 111 Å². The number of anilines is 6. The molecule has 24 nitrogen and oxygen atoms in total. The lowest BCUT2D eigenvalue weighted by Gasteiger charge is -2.35. The number of aromatic nitrogens is 3. The van der Waals surface area contributed by atoms with E-state index in [1.807, 2.05) is 58.6 Å². The number of likely N-dealkylation sites (N-methyl/N-ethyl adjacent to an activating group) is 2. The van der Waals surface area contributed by atoms with Gasteiger partial charge in [-0.05, 0) is 142 Å². The second-order valence-corrected chi connectivity index (χ2v) is 23.3. The van der Waals surface area contributed by atoms with Gasteiger partial charge in [0.15, 0.2) is 17.5 Å². The number of benzene rings is 4. The van der Waals surface area contributed by atoms with Gasteiger partial charge in [-0.15, -0.1) is 0 Å². The first kappa shape index (κ1) is 69.0. The molecule has 488 valence electrons. The summed E-state index contributed by atoms with van der Waals surface area (Å²) in [6.07, 6.45) is 2.15. The summed E-state index contributed by atoms with van der Waals surface area (Å²) < 4.78 is 72.1. The van der Waals surface area contributed by atoms with Gasteiger partial charge in [0.1, 0.15) is 5.82 Å². The number of ether oxygens (including phenoxy) is 5. The van der Waals surface area contributed by atoms with Crippen LogP contribution in [-0.2, 0) is 33.3 Å². The van der Waals surface area contributed by atoms with Crippen LogP contribution < -0.4 is 31.2 Å². The molecular weight excluding hydrogens is 1280 g/mol. The number of carbonyl (C=O) groups is 4. The first-order valence-electron chi connectivity index (χ1n) is 30.2. The summed E-state index contributed by atoms with van der Waals surface area (Å²) in [5.41, 5.74) is 3.70. The van der Waals surface area contributed by atoms with E-state index in [4.69, 9.17) is 43.5 Å². The number of nitrogens with zero attached hydrogens (tertiary/aromatic N) is 10. The molecule has 3 saturated heterocycles. The van der Waals surface area contributed by atoms with Crippen LogP contribution in [0, 0.1) is 21.0 Å². The minimum absolute atomic E-state index is 0.00562. The van der Waals surface area contributed by atoms with Crippen molar-refractivity contribution in [1.82, 2.24) is 44.9 Å². The molecule has 3 fully saturated rings. The molecular formula is C62H82F3IN14O10. The van der Waals surface area contributed by atoms with Gasteiger partial charge in [0.25, 0.3) is 11.8 Å². The zero-order valence-corrected chi connectivity index (χ0v) is 53.7. The normalized spacial score (nSPS) is 14.8. The second-order valence-electron chi connectivity index (χ2n) is 22.1. The average Bonchev–Trinajstić information content (AvgIpc) is 3.06. The number of piperidine rings is 1. The second kappa shape index (κ2) is 35.7. The van der Waals surface area contributed by atoms with Crippen LogP contribution in [0.5, 0.6) is 0 Å². The van der Waals surface area contributed by atoms with Gasteiger partial charge in [-0.2, -0.15) is 15.0 Å². The van der Waals surface area contributed by atoms with E-state index in [0.717, 1.165) is 69.8 Å². The van der Waals surface area contributed by atoms with Gasteiger partial charge in [-0.25, -0.2) is 23.4 Å². The molecule has 0 aliphatic carbocycles. The van der Waals surface area contributed by atoms with E-state index in [0.29, 0.717) is 143 Å².